The molecule has 2 aromatic carbocycles. The second kappa shape index (κ2) is 7.49. The van der Waals surface area contributed by atoms with Crippen molar-refractivity contribution in [2.24, 2.45) is 0 Å². The van der Waals surface area contributed by atoms with Gasteiger partial charge in [0.15, 0.2) is 0 Å². The van der Waals surface area contributed by atoms with Crippen molar-refractivity contribution in [2.75, 3.05) is 19.0 Å². The van der Waals surface area contributed by atoms with Gasteiger partial charge in [-0.2, -0.15) is 10.2 Å². The van der Waals surface area contributed by atoms with Crippen molar-refractivity contribution in [3.63, 3.8) is 0 Å². The Hall–Kier alpha value is -3.33. The normalized spacial score (nSPS) is 10.3. The van der Waals surface area contributed by atoms with E-state index in [2.05, 4.69) is 10.3 Å². The van der Waals surface area contributed by atoms with Crippen molar-refractivity contribution in [1.82, 2.24) is 4.98 Å². The van der Waals surface area contributed by atoms with Crippen LogP contribution in [0.5, 0.6) is 5.75 Å². The lowest BCUT2D eigenvalue weighted by Gasteiger charge is -2.03. The molecule has 0 aliphatic heterocycles. The van der Waals surface area contributed by atoms with Crippen LogP contribution < -0.4 is 10.1 Å². The molecule has 1 N–H and O–H groups in total. The first-order valence-corrected chi connectivity index (χ1v) is 7.73. The predicted octanol–water partition coefficient (Wildman–Crippen LogP) is 4.02. The fourth-order valence-corrected chi connectivity index (χ4v) is 2.34. The average Bonchev–Trinajstić information content (AvgIpc) is 3.06. The zero-order valence-electron chi connectivity index (χ0n) is 13.6. The van der Waals surface area contributed by atoms with Gasteiger partial charge in [0.2, 0.25) is 17.5 Å². The lowest BCUT2D eigenvalue weighted by molar-refractivity contribution is 0.415. The molecule has 0 atom stereocenters. The van der Waals surface area contributed by atoms with E-state index in [1.165, 1.54) is 12.1 Å². The van der Waals surface area contributed by atoms with E-state index < -0.39 is 0 Å². The van der Waals surface area contributed by atoms with Crippen LogP contribution in [-0.2, 0) is 6.42 Å². The molecule has 0 aliphatic rings. The first-order chi connectivity index (χ1) is 12.2. The fourth-order valence-electron chi connectivity index (χ4n) is 2.34. The lowest BCUT2D eigenvalue weighted by Crippen LogP contribution is -2.05. The Kier molecular flexibility index (Phi) is 4.95. The summed E-state index contributed by atoms with van der Waals surface area (Å²) in [4.78, 5) is 4.21. The Labute approximate surface area is 144 Å². The summed E-state index contributed by atoms with van der Waals surface area (Å²) in [5.41, 5.74) is 1.94. The molecule has 6 heteroatoms. The van der Waals surface area contributed by atoms with Gasteiger partial charge in [-0.1, -0.05) is 12.1 Å². The third-order valence-electron chi connectivity index (χ3n) is 3.68. The summed E-state index contributed by atoms with van der Waals surface area (Å²) in [6.07, 6.45) is 0.670. The molecular weight excluding hydrogens is 321 g/mol. The van der Waals surface area contributed by atoms with Crippen LogP contribution in [-0.4, -0.2) is 18.6 Å². The molecule has 3 aromatic rings. The molecule has 1 heterocycles. The Morgan fingerprint density at radius 2 is 1.88 bits per heavy atom. The number of anilines is 1. The van der Waals surface area contributed by atoms with Crippen LogP contribution in [0.1, 0.15) is 11.3 Å². The Morgan fingerprint density at radius 1 is 1.16 bits per heavy atom. The summed E-state index contributed by atoms with van der Waals surface area (Å²) >= 11 is 0. The highest BCUT2D eigenvalue weighted by molar-refractivity contribution is 5.59. The topological polar surface area (TPSA) is 71.1 Å². The molecule has 0 radical (unpaired) electrons. The van der Waals surface area contributed by atoms with E-state index in [9.17, 15) is 9.65 Å². The van der Waals surface area contributed by atoms with Crippen molar-refractivity contribution in [3.05, 3.63) is 65.6 Å². The lowest BCUT2D eigenvalue weighted by atomic mass is 10.1. The van der Waals surface area contributed by atoms with Crippen molar-refractivity contribution in [3.8, 4) is 23.3 Å². The van der Waals surface area contributed by atoms with Crippen LogP contribution in [0.15, 0.2) is 52.9 Å². The summed E-state index contributed by atoms with van der Waals surface area (Å²) in [6, 6.07) is 15.5. The number of methoxy groups -OCH3 is 1. The quantitative estimate of drug-likeness (QED) is 0.736. The maximum absolute atomic E-state index is 12.9. The van der Waals surface area contributed by atoms with E-state index in [1.807, 2.05) is 18.2 Å². The van der Waals surface area contributed by atoms with Gasteiger partial charge < -0.3 is 14.5 Å². The molecule has 0 aliphatic carbocycles. The van der Waals surface area contributed by atoms with E-state index in [1.54, 1.807) is 31.4 Å². The molecule has 0 saturated carbocycles. The van der Waals surface area contributed by atoms with Gasteiger partial charge in [0.05, 0.1) is 7.11 Å². The predicted molar refractivity (Wildman–Crippen MR) is 91.8 cm³/mol. The SMILES string of the molecule is COc1ccc(-c2nc(C#N)c(NCCc3ccc(F)cc3)o2)cc1. The minimum Gasteiger partial charge on any atom is -0.497 e. The molecule has 126 valence electrons. The van der Waals surface area contributed by atoms with Crippen LogP contribution in [0.3, 0.4) is 0 Å². The second-order valence-electron chi connectivity index (χ2n) is 5.34. The summed E-state index contributed by atoms with van der Waals surface area (Å²) in [5, 5.41) is 12.3. The molecule has 0 unspecified atom stereocenters. The second-order valence-corrected chi connectivity index (χ2v) is 5.34. The zero-order valence-corrected chi connectivity index (χ0v) is 13.6. The van der Waals surface area contributed by atoms with E-state index in [4.69, 9.17) is 9.15 Å². The van der Waals surface area contributed by atoms with Crippen molar-refractivity contribution < 1.29 is 13.5 Å². The number of nitriles is 1. The van der Waals surface area contributed by atoms with Gasteiger partial charge in [-0.05, 0) is 48.4 Å². The summed E-state index contributed by atoms with van der Waals surface area (Å²) in [5.74, 6) is 1.16. The highest BCUT2D eigenvalue weighted by atomic mass is 19.1. The molecule has 3 rings (SSSR count). The highest BCUT2D eigenvalue weighted by Crippen LogP contribution is 2.26. The first kappa shape index (κ1) is 16.5. The van der Waals surface area contributed by atoms with Crippen molar-refractivity contribution in [2.45, 2.75) is 6.42 Å². The van der Waals surface area contributed by atoms with E-state index in [0.717, 1.165) is 16.9 Å². The van der Waals surface area contributed by atoms with Gasteiger partial charge in [0, 0.05) is 12.1 Å². The number of rotatable bonds is 6. The summed E-state index contributed by atoms with van der Waals surface area (Å²) in [7, 11) is 1.59. The minimum atomic E-state index is -0.261. The minimum absolute atomic E-state index is 0.199. The van der Waals surface area contributed by atoms with Gasteiger partial charge in [-0.25, -0.2) is 4.39 Å². The summed E-state index contributed by atoms with van der Waals surface area (Å²) in [6.45, 7) is 0.539. The maximum atomic E-state index is 12.9. The molecular formula is C19H16FN3O2. The zero-order chi connectivity index (χ0) is 17.6. The molecule has 5 nitrogen and oxygen atoms in total. The van der Waals surface area contributed by atoms with E-state index in [0.29, 0.717) is 24.7 Å². The molecule has 0 amide bonds. The van der Waals surface area contributed by atoms with Crippen LogP contribution in [0, 0.1) is 17.1 Å². The molecule has 0 saturated heterocycles. The van der Waals surface area contributed by atoms with E-state index in [-0.39, 0.29) is 11.5 Å². The molecule has 0 bridgehead atoms. The number of aromatic nitrogens is 1. The highest BCUT2D eigenvalue weighted by Gasteiger charge is 2.14. The first-order valence-electron chi connectivity index (χ1n) is 7.73. The number of hydrogen-bond acceptors (Lipinski definition) is 5. The van der Waals surface area contributed by atoms with Gasteiger partial charge >= 0.3 is 0 Å². The average molecular weight is 337 g/mol. The van der Waals surface area contributed by atoms with Gasteiger partial charge in [0.1, 0.15) is 17.6 Å². The molecule has 1 aromatic heterocycles. The number of hydrogen-bond donors (Lipinski definition) is 1. The fraction of sp³-hybridized carbons (Fsp3) is 0.158. The van der Waals surface area contributed by atoms with Gasteiger partial charge in [-0.15, -0.1) is 0 Å². The van der Waals surface area contributed by atoms with Crippen LogP contribution >= 0.6 is 0 Å². The van der Waals surface area contributed by atoms with Crippen molar-refractivity contribution >= 4 is 5.88 Å². The Bertz CT molecular complexity index is 881. The van der Waals surface area contributed by atoms with Crippen LogP contribution in [0.25, 0.3) is 11.5 Å². The summed E-state index contributed by atoms with van der Waals surface area (Å²) < 4.78 is 23.7. The molecule has 0 fully saturated rings. The monoisotopic (exact) mass is 337 g/mol. The Balaban J connectivity index is 1.69. The third-order valence-corrected chi connectivity index (χ3v) is 3.68. The number of oxazole rings is 1. The van der Waals surface area contributed by atoms with Crippen molar-refractivity contribution in [1.29, 1.82) is 5.26 Å². The smallest absolute Gasteiger partial charge is 0.232 e. The van der Waals surface area contributed by atoms with Gasteiger partial charge in [-0.3, -0.25) is 0 Å². The molecule has 0 spiro atoms. The number of benzene rings is 2. The standard InChI is InChI=1S/C19H16FN3O2/c1-24-16-8-4-14(5-9-16)18-23-17(12-21)19(25-18)22-11-10-13-2-6-15(20)7-3-13/h2-9,22H,10-11H2,1H3. The third kappa shape index (κ3) is 3.96. The van der Waals surface area contributed by atoms with E-state index >= 15 is 0 Å². The number of nitrogens with zero attached hydrogens (tertiary/aromatic N) is 2. The van der Waals surface area contributed by atoms with Crippen LogP contribution in [0.4, 0.5) is 10.3 Å². The number of halogens is 1. The van der Waals surface area contributed by atoms with Gasteiger partial charge in [0.25, 0.3) is 0 Å². The molecule has 25 heavy (non-hydrogen) atoms. The van der Waals surface area contributed by atoms with Crippen LogP contribution in [0.2, 0.25) is 0 Å². The number of ether oxygens (including phenoxy) is 1. The maximum Gasteiger partial charge on any atom is 0.232 e. The number of nitrogens with one attached hydrogen (secondary N) is 1. The largest absolute Gasteiger partial charge is 0.497 e. The Morgan fingerprint density at radius 3 is 2.52 bits per heavy atom.